The third kappa shape index (κ3) is 4.12. The minimum Gasteiger partial charge on any atom is -0.372 e. The second kappa shape index (κ2) is 7.87. The standard InChI is InChI=1S/C18H23ClN4O2/c1-3-17-20-16(21-25-17)12-22(2)18(24)14-11-13(7-8-15(14)19)23-9-5-4-6-10-23/h7-8,11H,3-6,9-10,12H2,1-2H3. The van der Waals surface area contributed by atoms with Crippen molar-refractivity contribution in [2.24, 2.45) is 0 Å². The minimum atomic E-state index is -0.147. The molecule has 0 aliphatic carbocycles. The van der Waals surface area contributed by atoms with Gasteiger partial charge in [-0.2, -0.15) is 4.98 Å². The zero-order valence-electron chi connectivity index (χ0n) is 14.7. The predicted molar refractivity (Wildman–Crippen MR) is 97.0 cm³/mol. The second-order valence-electron chi connectivity index (χ2n) is 6.33. The highest BCUT2D eigenvalue weighted by Gasteiger charge is 2.20. The first-order chi connectivity index (χ1) is 12.1. The lowest BCUT2D eigenvalue weighted by Gasteiger charge is -2.29. The number of aryl methyl sites for hydroxylation is 1. The summed E-state index contributed by atoms with van der Waals surface area (Å²) in [5, 5.41) is 4.35. The van der Waals surface area contributed by atoms with Crippen LogP contribution >= 0.6 is 11.6 Å². The molecule has 1 aromatic heterocycles. The number of halogens is 1. The predicted octanol–water partition coefficient (Wildman–Crippen LogP) is 3.55. The molecule has 1 aliphatic rings. The number of anilines is 1. The Labute approximate surface area is 152 Å². The molecule has 0 unspecified atom stereocenters. The van der Waals surface area contributed by atoms with Crippen molar-refractivity contribution in [1.82, 2.24) is 15.0 Å². The summed E-state index contributed by atoms with van der Waals surface area (Å²) in [5.41, 5.74) is 1.56. The topological polar surface area (TPSA) is 62.5 Å². The molecule has 1 saturated heterocycles. The van der Waals surface area contributed by atoms with Crippen LogP contribution in [0.2, 0.25) is 5.02 Å². The van der Waals surface area contributed by atoms with Crippen LogP contribution in [0.4, 0.5) is 5.69 Å². The van der Waals surface area contributed by atoms with Crippen LogP contribution in [0.3, 0.4) is 0 Å². The van der Waals surface area contributed by atoms with Gasteiger partial charge in [0.1, 0.15) is 0 Å². The van der Waals surface area contributed by atoms with E-state index in [0.29, 0.717) is 28.7 Å². The molecule has 0 saturated carbocycles. The van der Waals surface area contributed by atoms with Gasteiger partial charge in [0.25, 0.3) is 5.91 Å². The first kappa shape index (κ1) is 17.7. The van der Waals surface area contributed by atoms with Crippen molar-refractivity contribution in [3.8, 4) is 0 Å². The van der Waals surface area contributed by atoms with Crippen molar-refractivity contribution in [3.63, 3.8) is 0 Å². The van der Waals surface area contributed by atoms with Gasteiger partial charge in [-0.3, -0.25) is 4.79 Å². The molecule has 7 heteroatoms. The van der Waals surface area contributed by atoms with Crippen LogP contribution in [0.5, 0.6) is 0 Å². The Balaban J connectivity index is 1.75. The summed E-state index contributed by atoms with van der Waals surface area (Å²) in [6.45, 7) is 4.27. The molecule has 0 radical (unpaired) electrons. The van der Waals surface area contributed by atoms with Gasteiger partial charge in [0.05, 0.1) is 17.1 Å². The molecule has 0 atom stereocenters. The quantitative estimate of drug-likeness (QED) is 0.814. The van der Waals surface area contributed by atoms with Crippen LogP contribution in [0, 0.1) is 0 Å². The van der Waals surface area contributed by atoms with Gasteiger partial charge in [-0.05, 0) is 37.5 Å². The number of aromatic nitrogens is 2. The number of piperidine rings is 1. The number of carbonyl (C=O) groups excluding carboxylic acids is 1. The fourth-order valence-electron chi connectivity index (χ4n) is 3.01. The van der Waals surface area contributed by atoms with Crippen molar-refractivity contribution in [2.45, 2.75) is 39.2 Å². The molecule has 2 aromatic rings. The lowest BCUT2D eigenvalue weighted by atomic mass is 10.1. The highest BCUT2D eigenvalue weighted by Crippen LogP contribution is 2.26. The highest BCUT2D eigenvalue weighted by atomic mass is 35.5. The van der Waals surface area contributed by atoms with E-state index >= 15 is 0 Å². The highest BCUT2D eigenvalue weighted by molar-refractivity contribution is 6.34. The van der Waals surface area contributed by atoms with E-state index in [1.54, 1.807) is 18.0 Å². The molecule has 0 bridgehead atoms. The number of amides is 1. The molecule has 25 heavy (non-hydrogen) atoms. The van der Waals surface area contributed by atoms with Crippen LogP contribution in [0.15, 0.2) is 22.7 Å². The Hall–Kier alpha value is -2.08. The van der Waals surface area contributed by atoms with Crippen molar-refractivity contribution in [2.75, 3.05) is 25.0 Å². The van der Waals surface area contributed by atoms with Gasteiger partial charge in [-0.15, -0.1) is 0 Å². The smallest absolute Gasteiger partial charge is 0.255 e. The van der Waals surface area contributed by atoms with Crippen LogP contribution < -0.4 is 4.90 Å². The minimum absolute atomic E-state index is 0.147. The maximum absolute atomic E-state index is 12.8. The number of nitrogens with zero attached hydrogens (tertiary/aromatic N) is 4. The summed E-state index contributed by atoms with van der Waals surface area (Å²) in [6.07, 6.45) is 4.31. The molecule has 3 rings (SSSR count). The molecule has 1 aromatic carbocycles. The van der Waals surface area contributed by atoms with Crippen LogP contribution in [0.25, 0.3) is 0 Å². The third-order valence-electron chi connectivity index (χ3n) is 4.44. The van der Waals surface area contributed by atoms with Crippen LogP contribution in [-0.4, -0.2) is 41.1 Å². The zero-order valence-corrected chi connectivity index (χ0v) is 15.4. The van der Waals surface area contributed by atoms with Crippen LogP contribution in [-0.2, 0) is 13.0 Å². The van der Waals surface area contributed by atoms with Crippen molar-refractivity contribution in [3.05, 3.63) is 40.5 Å². The maximum Gasteiger partial charge on any atom is 0.255 e. The average molecular weight is 363 g/mol. The summed E-state index contributed by atoms with van der Waals surface area (Å²) in [4.78, 5) is 20.9. The van der Waals surface area contributed by atoms with Gasteiger partial charge in [0.15, 0.2) is 5.82 Å². The van der Waals surface area contributed by atoms with Gasteiger partial charge in [0, 0.05) is 32.2 Å². The van der Waals surface area contributed by atoms with E-state index < -0.39 is 0 Å². The van der Waals surface area contributed by atoms with Gasteiger partial charge < -0.3 is 14.3 Å². The van der Waals surface area contributed by atoms with Gasteiger partial charge in [-0.25, -0.2) is 0 Å². The van der Waals surface area contributed by atoms with Crippen molar-refractivity contribution >= 4 is 23.2 Å². The molecule has 0 N–H and O–H groups in total. The lowest BCUT2D eigenvalue weighted by Crippen LogP contribution is -2.30. The maximum atomic E-state index is 12.8. The number of hydrogen-bond donors (Lipinski definition) is 0. The fourth-order valence-corrected chi connectivity index (χ4v) is 3.21. The summed E-state index contributed by atoms with van der Waals surface area (Å²) >= 11 is 6.29. The monoisotopic (exact) mass is 362 g/mol. The summed E-state index contributed by atoms with van der Waals surface area (Å²) in [5.74, 6) is 0.920. The van der Waals surface area contributed by atoms with E-state index in [2.05, 4.69) is 15.0 Å². The third-order valence-corrected chi connectivity index (χ3v) is 4.77. The van der Waals surface area contributed by atoms with E-state index in [4.69, 9.17) is 16.1 Å². The largest absolute Gasteiger partial charge is 0.372 e. The number of benzene rings is 1. The van der Waals surface area contributed by atoms with E-state index in [-0.39, 0.29) is 12.5 Å². The molecular formula is C18H23ClN4O2. The van der Waals surface area contributed by atoms with Gasteiger partial charge >= 0.3 is 0 Å². The summed E-state index contributed by atoms with van der Waals surface area (Å²) < 4.78 is 5.09. The number of rotatable bonds is 5. The Bertz CT molecular complexity index is 740. The zero-order chi connectivity index (χ0) is 17.8. The lowest BCUT2D eigenvalue weighted by molar-refractivity contribution is 0.0781. The molecule has 1 amide bonds. The van der Waals surface area contributed by atoms with Crippen LogP contribution in [0.1, 0.15) is 48.3 Å². The Morgan fingerprint density at radius 2 is 2.08 bits per heavy atom. The molecule has 2 heterocycles. The van der Waals surface area contributed by atoms with E-state index in [1.165, 1.54) is 19.3 Å². The normalized spacial score (nSPS) is 14.6. The van der Waals surface area contributed by atoms with E-state index in [9.17, 15) is 4.79 Å². The van der Waals surface area contributed by atoms with Crippen molar-refractivity contribution in [1.29, 1.82) is 0 Å². The molecule has 1 fully saturated rings. The molecule has 0 spiro atoms. The molecule has 134 valence electrons. The molecule has 6 nitrogen and oxygen atoms in total. The average Bonchev–Trinajstić information content (AvgIpc) is 3.10. The Kier molecular flexibility index (Phi) is 5.58. The Morgan fingerprint density at radius 3 is 2.76 bits per heavy atom. The molecule has 1 aliphatic heterocycles. The molecular weight excluding hydrogens is 340 g/mol. The van der Waals surface area contributed by atoms with E-state index in [0.717, 1.165) is 18.8 Å². The first-order valence-corrected chi connectivity index (χ1v) is 9.07. The fraction of sp³-hybridized carbons (Fsp3) is 0.500. The van der Waals surface area contributed by atoms with E-state index in [1.807, 2.05) is 19.1 Å². The summed E-state index contributed by atoms with van der Waals surface area (Å²) in [6, 6.07) is 5.67. The SMILES string of the molecule is CCc1nc(CN(C)C(=O)c2cc(N3CCCCC3)ccc2Cl)no1. The van der Waals surface area contributed by atoms with Crippen molar-refractivity contribution < 1.29 is 9.32 Å². The summed E-state index contributed by atoms with van der Waals surface area (Å²) in [7, 11) is 1.72. The first-order valence-electron chi connectivity index (χ1n) is 8.70. The van der Waals surface area contributed by atoms with Gasteiger partial charge in [0.2, 0.25) is 5.89 Å². The Morgan fingerprint density at radius 1 is 1.32 bits per heavy atom. The second-order valence-corrected chi connectivity index (χ2v) is 6.74. The number of hydrogen-bond acceptors (Lipinski definition) is 5. The number of carbonyl (C=O) groups is 1. The van der Waals surface area contributed by atoms with Gasteiger partial charge in [-0.1, -0.05) is 23.7 Å².